The van der Waals surface area contributed by atoms with Gasteiger partial charge in [0.1, 0.15) is 5.82 Å². The summed E-state index contributed by atoms with van der Waals surface area (Å²) in [5, 5.41) is 12.5. The third-order valence-corrected chi connectivity index (χ3v) is 3.07. The highest BCUT2D eigenvalue weighted by atomic mass is 35.5. The van der Waals surface area contributed by atoms with Gasteiger partial charge in [0.15, 0.2) is 0 Å². The zero-order valence-corrected chi connectivity index (χ0v) is 11.0. The molecule has 0 saturated carbocycles. The maximum atomic E-state index is 13.0. The summed E-state index contributed by atoms with van der Waals surface area (Å²) >= 11 is 5.97. The molecule has 7 heteroatoms. The van der Waals surface area contributed by atoms with Crippen molar-refractivity contribution in [3.8, 4) is 11.4 Å². The lowest BCUT2D eigenvalue weighted by Crippen LogP contribution is -2.04. The fourth-order valence-electron chi connectivity index (χ4n) is 1.73. The van der Waals surface area contributed by atoms with E-state index in [1.165, 1.54) is 16.9 Å². The van der Waals surface area contributed by atoms with E-state index in [-0.39, 0.29) is 5.82 Å². The summed E-state index contributed by atoms with van der Waals surface area (Å²) in [6.07, 6.45) is 3.32. The second-order valence-corrected chi connectivity index (χ2v) is 4.52. The first-order valence-electron chi connectivity index (χ1n) is 5.84. The van der Waals surface area contributed by atoms with Crippen LogP contribution in [0.4, 0.5) is 4.39 Å². The minimum absolute atomic E-state index is 0.331. The Morgan fingerprint density at radius 3 is 2.70 bits per heavy atom. The van der Waals surface area contributed by atoms with E-state index < -0.39 is 0 Å². The lowest BCUT2D eigenvalue weighted by molar-refractivity contribution is 0.570. The Hall–Kier alpha value is -2.34. The second kappa shape index (κ2) is 5.34. The molecule has 2 heterocycles. The molecule has 0 radical (unpaired) electrons. The van der Waals surface area contributed by atoms with E-state index in [1.54, 1.807) is 30.6 Å². The van der Waals surface area contributed by atoms with Crippen molar-refractivity contribution in [1.82, 2.24) is 25.2 Å². The zero-order valence-electron chi connectivity index (χ0n) is 10.2. The van der Waals surface area contributed by atoms with Crippen LogP contribution >= 0.6 is 11.6 Å². The maximum absolute atomic E-state index is 13.0. The summed E-state index contributed by atoms with van der Waals surface area (Å²) in [4.78, 5) is 5.34. The number of hydrogen-bond donors (Lipinski definition) is 0. The summed E-state index contributed by atoms with van der Waals surface area (Å²) in [6.45, 7) is 0.331. The Bertz CT molecular complexity index is 729. The van der Waals surface area contributed by atoms with Crippen LogP contribution in [0.2, 0.25) is 5.02 Å². The third kappa shape index (κ3) is 2.65. The van der Waals surface area contributed by atoms with Crippen LogP contribution in [0.25, 0.3) is 11.4 Å². The number of benzene rings is 1. The molecule has 3 rings (SSSR count). The first-order chi connectivity index (χ1) is 9.72. The second-order valence-electron chi connectivity index (χ2n) is 4.12. The van der Waals surface area contributed by atoms with Crippen molar-refractivity contribution in [2.75, 3.05) is 0 Å². The lowest BCUT2D eigenvalue weighted by Gasteiger charge is -2.02. The van der Waals surface area contributed by atoms with Gasteiger partial charge in [0.05, 0.1) is 6.54 Å². The highest BCUT2D eigenvalue weighted by molar-refractivity contribution is 6.31. The SMILES string of the molecule is Fc1ccc(Cn2nnc(-c3ccncc3)n2)c(Cl)c1. The lowest BCUT2D eigenvalue weighted by atomic mass is 10.2. The molecule has 0 saturated heterocycles. The van der Waals surface area contributed by atoms with Gasteiger partial charge in [-0.3, -0.25) is 4.98 Å². The minimum atomic E-state index is -0.372. The Balaban J connectivity index is 1.84. The Labute approximate surface area is 119 Å². The van der Waals surface area contributed by atoms with Gasteiger partial charge >= 0.3 is 0 Å². The van der Waals surface area contributed by atoms with Crippen molar-refractivity contribution in [1.29, 1.82) is 0 Å². The summed E-state index contributed by atoms with van der Waals surface area (Å²) in [5.41, 5.74) is 1.56. The first kappa shape index (κ1) is 12.7. The van der Waals surface area contributed by atoms with Crippen LogP contribution in [0.1, 0.15) is 5.56 Å². The molecule has 0 aliphatic rings. The molecule has 0 atom stereocenters. The van der Waals surface area contributed by atoms with Gasteiger partial charge < -0.3 is 0 Å². The normalized spacial score (nSPS) is 10.7. The standard InChI is InChI=1S/C13H9ClFN5/c14-12-7-11(15)2-1-10(12)8-20-18-13(17-19-20)9-3-5-16-6-4-9/h1-7H,8H2. The number of tetrazole rings is 1. The van der Waals surface area contributed by atoms with E-state index in [0.29, 0.717) is 17.4 Å². The van der Waals surface area contributed by atoms with Crippen LogP contribution in [0.3, 0.4) is 0 Å². The van der Waals surface area contributed by atoms with Gasteiger partial charge in [-0.1, -0.05) is 17.7 Å². The van der Waals surface area contributed by atoms with E-state index >= 15 is 0 Å². The summed E-state index contributed by atoms with van der Waals surface area (Å²) in [5.74, 6) is 0.133. The zero-order chi connectivity index (χ0) is 13.9. The molecule has 3 aromatic rings. The number of halogens is 2. The number of hydrogen-bond acceptors (Lipinski definition) is 4. The van der Waals surface area contributed by atoms with Crippen molar-refractivity contribution < 1.29 is 4.39 Å². The molecule has 100 valence electrons. The average Bonchev–Trinajstić information content (AvgIpc) is 2.92. The summed E-state index contributed by atoms with van der Waals surface area (Å²) in [7, 11) is 0. The van der Waals surface area contributed by atoms with Crippen LogP contribution in [0, 0.1) is 5.82 Å². The largest absolute Gasteiger partial charge is 0.265 e. The van der Waals surface area contributed by atoms with Gasteiger partial charge in [-0.25, -0.2) is 4.39 Å². The van der Waals surface area contributed by atoms with Crippen molar-refractivity contribution in [2.24, 2.45) is 0 Å². The van der Waals surface area contributed by atoms with Gasteiger partial charge in [-0.15, -0.1) is 10.2 Å². The third-order valence-electron chi connectivity index (χ3n) is 2.72. The summed E-state index contributed by atoms with van der Waals surface area (Å²) < 4.78 is 13.0. The molecule has 0 aliphatic carbocycles. The van der Waals surface area contributed by atoms with Gasteiger partial charge in [0.2, 0.25) is 5.82 Å². The van der Waals surface area contributed by atoms with E-state index in [9.17, 15) is 4.39 Å². The Morgan fingerprint density at radius 1 is 1.15 bits per heavy atom. The number of rotatable bonds is 3. The van der Waals surface area contributed by atoms with Crippen molar-refractivity contribution >= 4 is 11.6 Å². The molecule has 0 spiro atoms. The predicted molar refractivity (Wildman–Crippen MR) is 71.6 cm³/mol. The fraction of sp³-hybridized carbons (Fsp3) is 0.0769. The van der Waals surface area contributed by atoms with Gasteiger partial charge in [-0.2, -0.15) is 4.80 Å². The molecule has 0 fully saturated rings. The van der Waals surface area contributed by atoms with E-state index in [0.717, 1.165) is 11.1 Å². The smallest absolute Gasteiger partial charge is 0.205 e. The quantitative estimate of drug-likeness (QED) is 0.743. The van der Waals surface area contributed by atoms with Crippen molar-refractivity contribution in [3.05, 3.63) is 59.1 Å². The number of aromatic nitrogens is 5. The van der Waals surface area contributed by atoms with Gasteiger partial charge in [0.25, 0.3) is 0 Å². The fourth-order valence-corrected chi connectivity index (χ4v) is 1.96. The molecule has 0 amide bonds. The monoisotopic (exact) mass is 289 g/mol. The van der Waals surface area contributed by atoms with Crippen LogP contribution in [0.15, 0.2) is 42.7 Å². The molecule has 2 aromatic heterocycles. The molecule has 0 bridgehead atoms. The van der Waals surface area contributed by atoms with Crippen LogP contribution in [-0.4, -0.2) is 25.2 Å². The van der Waals surface area contributed by atoms with Crippen LogP contribution < -0.4 is 0 Å². The predicted octanol–water partition coefficient (Wildman–Crippen LogP) is 2.58. The highest BCUT2D eigenvalue weighted by Crippen LogP contribution is 2.18. The molecule has 5 nitrogen and oxygen atoms in total. The molecular formula is C13H9ClFN5. The molecule has 20 heavy (non-hydrogen) atoms. The molecule has 1 aromatic carbocycles. The van der Waals surface area contributed by atoms with Crippen LogP contribution in [0.5, 0.6) is 0 Å². The van der Waals surface area contributed by atoms with E-state index in [4.69, 9.17) is 11.6 Å². The average molecular weight is 290 g/mol. The van der Waals surface area contributed by atoms with Crippen molar-refractivity contribution in [3.63, 3.8) is 0 Å². The summed E-state index contributed by atoms with van der Waals surface area (Å²) in [6, 6.07) is 7.81. The van der Waals surface area contributed by atoms with Crippen molar-refractivity contribution in [2.45, 2.75) is 6.54 Å². The minimum Gasteiger partial charge on any atom is -0.265 e. The molecule has 0 N–H and O–H groups in total. The van der Waals surface area contributed by atoms with E-state index in [2.05, 4.69) is 20.4 Å². The Morgan fingerprint density at radius 2 is 1.95 bits per heavy atom. The Kier molecular flexibility index (Phi) is 3.39. The maximum Gasteiger partial charge on any atom is 0.205 e. The molecule has 0 unspecified atom stereocenters. The number of nitrogens with zero attached hydrogens (tertiary/aromatic N) is 5. The highest BCUT2D eigenvalue weighted by Gasteiger charge is 2.08. The van der Waals surface area contributed by atoms with E-state index in [1.807, 2.05) is 0 Å². The molecular weight excluding hydrogens is 281 g/mol. The number of pyridine rings is 1. The van der Waals surface area contributed by atoms with Gasteiger partial charge in [0, 0.05) is 23.0 Å². The van der Waals surface area contributed by atoms with Crippen LogP contribution in [-0.2, 0) is 6.54 Å². The van der Waals surface area contributed by atoms with Gasteiger partial charge in [-0.05, 0) is 35.0 Å². The first-order valence-corrected chi connectivity index (χ1v) is 6.22. The molecule has 0 aliphatic heterocycles. The topological polar surface area (TPSA) is 56.5 Å².